The van der Waals surface area contributed by atoms with E-state index < -0.39 is 0 Å². The van der Waals surface area contributed by atoms with E-state index in [1.807, 2.05) is 18.2 Å². The number of rotatable bonds is 2. The molecule has 0 bridgehead atoms. The molecule has 0 aliphatic heterocycles. The summed E-state index contributed by atoms with van der Waals surface area (Å²) >= 11 is 2.41. The van der Waals surface area contributed by atoms with Gasteiger partial charge in [-0.1, -0.05) is 0 Å². The Morgan fingerprint density at radius 2 is 2.40 bits per heavy atom. The van der Waals surface area contributed by atoms with E-state index in [4.69, 9.17) is 0 Å². The zero-order valence-corrected chi connectivity index (χ0v) is 6.99. The molecule has 51 valence electrons. The van der Waals surface area contributed by atoms with Crippen molar-refractivity contribution in [2.75, 3.05) is 0 Å². The van der Waals surface area contributed by atoms with Crippen LogP contribution in [-0.4, -0.2) is 25.7 Å². The first-order valence-corrected chi connectivity index (χ1v) is 3.74. The predicted molar refractivity (Wildman–Crippen MR) is 38.7 cm³/mol. The van der Waals surface area contributed by atoms with E-state index in [9.17, 15) is 4.79 Å². The Balaban J connectivity index is 2.67. The summed E-state index contributed by atoms with van der Waals surface area (Å²) in [5, 5.41) is 0. The molecule has 0 aliphatic carbocycles. The van der Waals surface area contributed by atoms with E-state index in [0.29, 0.717) is 6.42 Å². The quantitative estimate of drug-likeness (QED) is 0.642. The Labute approximate surface area is 67.5 Å². The van der Waals surface area contributed by atoms with Gasteiger partial charge in [0, 0.05) is 0 Å². The first-order chi connectivity index (χ1) is 4.79. The number of nitrogens with zero attached hydrogens (tertiary/aromatic N) is 1. The Morgan fingerprint density at radius 1 is 1.60 bits per heavy atom. The molecule has 0 atom stereocenters. The summed E-state index contributed by atoms with van der Waals surface area (Å²) in [7, 11) is 0. The zero-order valence-electron chi connectivity index (χ0n) is 5.28. The summed E-state index contributed by atoms with van der Waals surface area (Å²) in [5.41, 5.74) is 0.811. The van der Waals surface area contributed by atoms with Crippen molar-refractivity contribution >= 4 is 20.7 Å². The van der Waals surface area contributed by atoms with Crippen LogP contribution in [0.2, 0.25) is 0 Å². The van der Waals surface area contributed by atoms with Gasteiger partial charge in [-0.05, 0) is 0 Å². The minimum atomic E-state index is 0.0266. The molecule has 0 spiro atoms. The van der Waals surface area contributed by atoms with Gasteiger partial charge in [0.25, 0.3) is 0 Å². The van der Waals surface area contributed by atoms with Crippen molar-refractivity contribution < 1.29 is 4.79 Å². The number of carbonyl (C=O) groups excluding carboxylic acids is 1. The van der Waals surface area contributed by atoms with Crippen molar-refractivity contribution in [2.45, 2.75) is 6.42 Å². The van der Waals surface area contributed by atoms with Crippen LogP contribution in [0, 0.1) is 0 Å². The summed E-state index contributed by atoms with van der Waals surface area (Å²) in [4.78, 5) is 14.5. The topological polar surface area (TPSA) is 30.0 Å². The average molecular weight is 199 g/mol. The average Bonchev–Trinajstić information content (AvgIpc) is 1.88. The molecule has 0 aliphatic rings. The molecule has 2 nitrogen and oxygen atoms in total. The standard InChI is InChI=1S/C7H6NOSe/c9-7(10)5-6-3-1-2-4-8-6/h1-4H,5H2. The molecule has 3 heteroatoms. The van der Waals surface area contributed by atoms with Gasteiger partial charge in [-0.2, -0.15) is 0 Å². The van der Waals surface area contributed by atoms with Crippen molar-refractivity contribution in [3.8, 4) is 0 Å². The minimum absolute atomic E-state index is 0.0266. The van der Waals surface area contributed by atoms with E-state index in [2.05, 4.69) is 21.0 Å². The molecule has 10 heavy (non-hydrogen) atoms. The van der Waals surface area contributed by atoms with Gasteiger partial charge in [-0.15, -0.1) is 0 Å². The Kier molecular flexibility index (Phi) is 2.60. The van der Waals surface area contributed by atoms with Crippen LogP contribution in [0.1, 0.15) is 5.69 Å². The van der Waals surface area contributed by atoms with Crippen LogP contribution in [0.3, 0.4) is 0 Å². The molecule has 0 amide bonds. The summed E-state index contributed by atoms with van der Waals surface area (Å²) in [5.74, 6) is 0. The number of pyridine rings is 1. The van der Waals surface area contributed by atoms with Crippen LogP contribution in [0.4, 0.5) is 0 Å². The molecule has 0 aromatic carbocycles. The maximum absolute atomic E-state index is 10.5. The van der Waals surface area contributed by atoms with Gasteiger partial charge in [0.2, 0.25) is 0 Å². The second-order valence-electron chi connectivity index (χ2n) is 1.87. The number of carbonyl (C=O) groups is 1. The van der Waals surface area contributed by atoms with Gasteiger partial charge in [-0.25, -0.2) is 0 Å². The fourth-order valence-corrected chi connectivity index (χ4v) is 0.961. The van der Waals surface area contributed by atoms with Crippen LogP contribution in [0.15, 0.2) is 24.4 Å². The Hall–Kier alpha value is -0.661. The number of aromatic nitrogens is 1. The normalized spacial score (nSPS) is 9.20. The summed E-state index contributed by atoms with van der Waals surface area (Å²) in [6, 6.07) is 5.52. The first-order valence-electron chi connectivity index (χ1n) is 2.89. The predicted octanol–water partition coefficient (Wildman–Crippen LogP) is 0.319. The Bertz CT molecular complexity index is 222. The van der Waals surface area contributed by atoms with Crippen LogP contribution in [0.5, 0.6) is 0 Å². The first kappa shape index (κ1) is 7.45. The molecule has 0 unspecified atom stereocenters. The summed E-state index contributed by atoms with van der Waals surface area (Å²) in [6.45, 7) is 0. The Morgan fingerprint density at radius 3 is 2.90 bits per heavy atom. The zero-order chi connectivity index (χ0) is 7.40. The van der Waals surface area contributed by atoms with E-state index in [0.717, 1.165) is 5.69 Å². The van der Waals surface area contributed by atoms with Crippen LogP contribution >= 0.6 is 0 Å². The molecule has 0 saturated heterocycles. The third-order valence-electron chi connectivity index (χ3n) is 1.05. The van der Waals surface area contributed by atoms with E-state index >= 15 is 0 Å². The van der Waals surface area contributed by atoms with Crippen molar-refractivity contribution in [1.29, 1.82) is 0 Å². The van der Waals surface area contributed by atoms with Crippen molar-refractivity contribution in [3.63, 3.8) is 0 Å². The molecule has 1 rings (SSSR count). The molecule has 0 fully saturated rings. The second-order valence-corrected chi connectivity index (χ2v) is 2.83. The molecule has 1 heterocycles. The van der Waals surface area contributed by atoms with E-state index in [1.54, 1.807) is 6.20 Å². The molecule has 0 saturated carbocycles. The summed E-state index contributed by atoms with van der Waals surface area (Å²) < 4.78 is 0.0266. The SMILES string of the molecule is O=C([Se])Cc1ccccn1. The third-order valence-corrected chi connectivity index (χ3v) is 1.35. The molecular weight excluding hydrogens is 193 g/mol. The van der Waals surface area contributed by atoms with Gasteiger partial charge in [0.05, 0.1) is 0 Å². The fraction of sp³-hybridized carbons (Fsp3) is 0.143. The second kappa shape index (κ2) is 3.49. The van der Waals surface area contributed by atoms with Crippen LogP contribution in [-0.2, 0) is 11.2 Å². The van der Waals surface area contributed by atoms with Crippen molar-refractivity contribution in [3.05, 3.63) is 30.1 Å². The fourth-order valence-electron chi connectivity index (χ4n) is 0.651. The number of hydrogen-bond donors (Lipinski definition) is 0. The molecule has 1 radical (unpaired) electrons. The van der Waals surface area contributed by atoms with E-state index in [-0.39, 0.29) is 4.68 Å². The molecule has 0 N–H and O–H groups in total. The van der Waals surface area contributed by atoms with Gasteiger partial charge < -0.3 is 0 Å². The third kappa shape index (κ3) is 2.29. The van der Waals surface area contributed by atoms with Crippen molar-refractivity contribution in [1.82, 2.24) is 4.98 Å². The van der Waals surface area contributed by atoms with Gasteiger partial charge in [0.1, 0.15) is 0 Å². The van der Waals surface area contributed by atoms with Crippen molar-refractivity contribution in [2.24, 2.45) is 0 Å². The van der Waals surface area contributed by atoms with Crippen LogP contribution < -0.4 is 0 Å². The molecular formula is C7H6NOSe. The summed E-state index contributed by atoms with van der Waals surface area (Å²) in [6.07, 6.45) is 2.07. The van der Waals surface area contributed by atoms with Gasteiger partial charge in [-0.3, -0.25) is 0 Å². The maximum atomic E-state index is 10.5. The number of hydrogen-bond acceptors (Lipinski definition) is 2. The van der Waals surface area contributed by atoms with Gasteiger partial charge in [0.15, 0.2) is 0 Å². The van der Waals surface area contributed by atoms with E-state index in [1.165, 1.54) is 0 Å². The molecule has 1 aromatic heterocycles. The molecule has 1 aromatic rings. The van der Waals surface area contributed by atoms with Gasteiger partial charge >= 0.3 is 67.0 Å². The van der Waals surface area contributed by atoms with Crippen LogP contribution in [0.25, 0.3) is 0 Å². The monoisotopic (exact) mass is 200 g/mol.